The maximum Gasteiger partial charge on any atom is 0.309 e. The van der Waals surface area contributed by atoms with Crippen LogP contribution in [-0.2, 0) is 20.7 Å². The lowest BCUT2D eigenvalue weighted by Gasteiger charge is -2.31. The van der Waals surface area contributed by atoms with Gasteiger partial charge in [0.05, 0.1) is 12.5 Å². The second kappa shape index (κ2) is 7.97. The summed E-state index contributed by atoms with van der Waals surface area (Å²) in [6, 6.07) is 8.28. The lowest BCUT2D eigenvalue weighted by Crippen LogP contribution is -2.40. The number of ether oxygens (including phenoxy) is 1. The number of aryl methyl sites for hydroxylation is 2. The molecule has 0 bridgehead atoms. The van der Waals surface area contributed by atoms with Crippen molar-refractivity contribution >= 4 is 11.9 Å². The summed E-state index contributed by atoms with van der Waals surface area (Å²) in [6.07, 6.45) is 2.75. The van der Waals surface area contributed by atoms with E-state index in [1.165, 1.54) is 11.1 Å². The summed E-state index contributed by atoms with van der Waals surface area (Å²) >= 11 is 0. The predicted octanol–water partition coefficient (Wildman–Crippen LogP) is 2.73. The minimum absolute atomic E-state index is 0.0410. The minimum atomic E-state index is -0.116. The van der Waals surface area contributed by atoms with E-state index >= 15 is 0 Å². The van der Waals surface area contributed by atoms with Crippen LogP contribution in [0.15, 0.2) is 24.3 Å². The molecule has 0 spiro atoms. The van der Waals surface area contributed by atoms with Gasteiger partial charge in [-0.1, -0.05) is 29.8 Å². The first kappa shape index (κ1) is 16.5. The van der Waals surface area contributed by atoms with E-state index in [0.29, 0.717) is 26.1 Å². The van der Waals surface area contributed by atoms with E-state index in [1.54, 1.807) is 0 Å². The van der Waals surface area contributed by atoms with Crippen LogP contribution in [0.5, 0.6) is 0 Å². The molecule has 0 N–H and O–H groups in total. The number of rotatable bonds is 5. The summed E-state index contributed by atoms with van der Waals surface area (Å²) in [5, 5.41) is 0. The van der Waals surface area contributed by atoms with Crippen molar-refractivity contribution in [2.75, 3.05) is 19.7 Å². The van der Waals surface area contributed by atoms with Gasteiger partial charge in [0, 0.05) is 19.5 Å². The van der Waals surface area contributed by atoms with Gasteiger partial charge in [0.2, 0.25) is 5.91 Å². The number of carbonyl (C=O) groups excluding carboxylic acids is 2. The zero-order chi connectivity index (χ0) is 15.9. The van der Waals surface area contributed by atoms with Crippen LogP contribution in [0.1, 0.15) is 37.3 Å². The Bertz CT molecular complexity index is 519. The Morgan fingerprint density at radius 1 is 1.27 bits per heavy atom. The molecule has 1 heterocycles. The highest BCUT2D eigenvalue weighted by Crippen LogP contribution is 2.19. The van der Waals surface area contributed by atoms with Crippen molar-refractivity contribution in [1.82, 2.24) is 4.90 Å². The molecule has 0 saturated carbocycles. The molecular weight excluding hydrogens is 278 g/mol. The van der Waals surface area contributed by atoms with Crippen molar-refractivity contribution in [3.63, 3.8) is 0 Å². The van der Waals surface area contributed by atoms with E-state index in [1.807, 2.05) is 17.9 Å². The molecular formula is C18H25NO3. The molecule has 4 heteroatoms. The van der Waals surface area contributed by atoms with Gasteiger partial charge < -0.3 is 9.64 Å². The van der Waals surface area contributed by atoms with Crippen molar-refractivity contribution in [3.05, 3.63) is 35.4 Å². The first-order valence-electron chi connectivity index (χ1n) is 8.10. The standard InChI is InChI=1S/C18H25NO3/c1-3-22-18(21)16-9-11-19(12-10-16)17(20)8-7-15-6-4-5-14(2)13-15/h4-6,13,16H,3,7-12H2,1-2H3. The molecule has 1 aliphatic rings. The summed E-state index contributed by atoms with van der Waals surface area (Å²) in [6.45, 7) is 5.63. The van der Waals surface area contributed by atoms with Crippen molar-refractivity contribution in [3.8, 4) is 0 Å². The van der Waals surface area contributed by atoms with Gasteiger partial charge >= 0.3 is 5.97 Å². The Labute approximate surface area is 132 Å². The first-order chi connectivity index (χ1) is 10.6. The smallest absolute Gasteiger partial charge is 0.309 e. The van der Waals surface area contributed by atoms with E-state index in [4.69, 9.17) is 4.74 Å². The van der Waals surface area contributed by atoms with E-state index in [-0.39, 0.29) is 17.8 Å². The number of esters is 1. The van der Waals surface area contributed by atoms with Crippen molar-refractivity contribution < 1.29 is 14.3 Å². The Kier molecular flexibility index (Phi) is 5.99. The SMILES string of the molecule is CCOC(=O)C1CCN(C(=O)CCc2cccc(C)c2)CC1. The molecule has 0 aromatic heterocycles. The minimum Gasteiger partial charge on any atom is -0.466 e. The quantitative estimate of drug-likeness (QED) is 0.786. The third kappa shape index (κ3) is 4.58. The zero-order valence-electron chi connectivity index (χ0n) is 13.5. The monoisotopic (exact) mass is 303 g/mol. The van der Waals surface area contributed by atoms with Crippen LogP contribution < -0.4 is 0 Å². The van der Waals surface area contributed by atoms with E-state index in [0.717, 1.165) is 19.3 Å². The summed E-state index contributed by atoms with van der Waals surface area (Å²) in [5.41, 5.74) is 2.43. The fourth-order valence-electron chi connectivity index (χ4n) is 2.90. The molecule has 1 fully saturated rings. The maximum atomic E-state index is 12.3. The molecule has 1 aromatic rings. The second-order valence-electron chi connectivity index (χ2n) is 5.90. The second-order valence-corrected chi connectivity index (χ2v) is 5.90. The van der Waals surface area contributed by atoms with Crippen LogP contribution in [0, 0.1) is 12.8 Å². The molecule has 0 unspecified atom stereocenters. The highest BCUT2D eigenvalue weighted by Gasteiger charge is 2.27. The zero-order valence-corrected chi connectivity index (χ0v) is 13.5. The topological polar surface area (TPSA) is 46.6 Å². The molecule has 1 saturated heterocycles. The van der Waals surface area contributed by atoms with Crippen molar-refractivity contribution in [1.29, 1.82) is 0 Å². The Morgan fingerprint density at radius 2 is 2.00 bits per heavy atom. The number of hydrogen-bond acceptors (Lipinski definition) is 3. The Hall–Kier alpha value is -1.84. The van der Waals surface area contributed by atoms with Gasteiger partial charge in [0.25, 0.3) is 0 Å². The van der Waals surface area contributed by atoms with Crippen LogP contribution >= 0.6 is 0 Å². The van der Waals surface area contributed by atoms with Gasteiger partial charge in [-0.05, 0) is 38.7 Å². The maximum absolute atomic E-state index is 12.3. The van der Waals surface area contributed by atoms with Crippen molar-refractivity contribution in [2.45, 2.75) is 39.5 Å². The Morgan fingerprint density at radius 3 is 2.64 bits per heavy atom. The molecule has 2 rings (SSSR count). The number of hydrogen-bond donors (Lipinski definition) is 0. The number of carbonyl (C=O) groups is 2. The normalized spacial score (nSPS) is 15.6. The summed E-state index contributed by atoms with van der Waals surface area (Å²) < 4.78 is 5.05. The molecule has 0 aliphatic carbocycles. The van der Waals surface area contributed by atoms with E-state index < -0.39 is 0 Å². The molecule has 0 radical (unpaired) electrons. The van der Waals surface area contributed by atoms with Crippen LogP contribution in [0.2, 0.25) is 0 Å². The fourth-order valence-corrected chi connectivity index (χ4v) is 2.90. The Balaban J connectivity index is 1.76. The molecule has 0 atom stereocenters. The number of amides is 1. The largest absolute Gasteiger partial charge is 0.466 e. The van der Waals surface area contributed by atoms with Crippen LogP contribution in [-0.4, -0.2) is 36.5 Å². The van der Waals surface area contributed by atoms with Crippen molar-refractivity contribution in [2.24, 2.45) is 5.92 Å². The van der Waals surface area contributed by atoms with Crippen LogP contribution in [0.25, 0.3) is 0 Å². The van der Waals surface area contributed by atoms with Gasteiger partial charge in [-0.2, -0.15) is 0 Å². The molecule has 1 amide bonds. The lowest BCUT2D eigenvalue weighted by molar-refractivity contribution is -0.151. The number of likely N-dealkylation sites (tertiary alicyclic amines) is 1. The summed E-state index contributed by atoms with van der Waals surface area (Å²) in [5.74, 6) is 0.0268. The third-order valence-corrected chi connectivity index (χ3v) is 4.18. The number of benzene rings is 1. The number of piperidine rings is 1. The van der Waals surface area contributed by atoms with Crippen LogP contribution in [0.3, 0.4) is 0 Å². The first-order valence-corrected chi connectivity index (χ1v) is 8.10. The molecule has 22 heavy (non-hydrogen) atoms. The third-order valence-electron chi connectivity index (χ3n) is 4.18. The average molecular weight is 303 g/mol. The number of nitrogens with zero attached hydrogens (tertiary/aromatic N) is 1. The molecule has 1 aromatic carbocycles. The average Bonchev–Trinajstić information content (AvgIpc) is 2.53. The molecule has 1 aliphatic heterocycles. The summed E-state index contributed by atoms with van der Waals surface area (Å²) in [4.78, 5) is 25.8. The van der Waals surface area contributed by atoms with Gasteiger partial charge in [0.15, 0.2) is 0 Å². The molecule has 120 valence electrons. The lowest BCUT2D eigenvalue weighted by atomic mass is 9.96. The van der Waals surface area contributed by atoms with Crippen LogP contribution in [0.4, 0.5) is 0 Å². The highest BCUT2D eigenvalue weighted by atomic mass is 16.5. The predicted molar refractivity (Wildman–Crippen MR) is 85.4 cm³/mol. The van der Waals surface area contributed by atoms with Gasteiger partial charge in [-0.3, -0.25) is 9.59 Å². The van der Waals surface area contributed by atoms with Gasteiger partial charge in [0.1, 0.15) is 0 Å². The fraction of sp³-hybridized carbons (Fsp3) is 0.556. The molecule has 4 nitrogen and oxygen atoms in total. The van der Waals surface area contributed by atoms with Gasteiger partial charge in [-0.25, -0.2) is 0 Å². The van der Waals surface area contributed by atoms with E-state index in [9.17, 15) is 9.59 Å². The van der Waals surface area contributed by atoms with Gasteiger partial charge in [-0.15, -0.1) is 0 Å². The van der Waals surface area contributed by atoms with E-state index in [2.05, 4.69) is 25.1 Å². The summed E-state index contributed by atoms with van der Waals surface area (Å²) in [7, 11) is 0. The highest BCUT2D eigenvalue weighted by molar-refractivity contribution is 5.77.